The first-order valence-electron chi connectivity index (χ1n) is 8.76. The molecule has 0 fully saturated rings. The van der Waals surface area contributed by atoms with Crippen LogP contribution in [0.4, 0.5) is 0 Å². The number of allylic oxidation sites excluding steroid dienone is 1. The van der Waals surface area contributed by atoms with E-state index in [4.69, 9.17) is 5.73 Å². The van der Waals surface area contributed by atoms with E-state index in [9.17, 15) is 0 Å². The van der Waals surface area contributed by atoms with Crippen molar-refractivity contribution < 1.29 is 0 Å². The predicted octanol–water partition coefficient (Wildman–Crippen LogP) is 4.20. The number of benzene rings is 3. The van der Waals surface area contributed by atoms with Crippen molar-refractivity contribution in [3.8, 4) is 0 Å². The Bertz CT molecular complexity index is 757. The minimum Gasteiger partial charge on any atom is -0.330 e. The minimum atomic E-state index is -0.567. The molecule has 1 nitrogen and oxygen atoms in total. The molecule has 0 unspecified atom stereocenters. The van der Waals surface area contributed by atoms with E-state index in [2.05, 4.69) is 97.1 Å². The van der Waals surface area contributed by atoms with Gasteiger partial charge in [-0.1, -0.05) is 97.1 Å². The average molecular weight is 345 g/mol. The predicted molar refractivity (Wildman–Crippen MR) is 112 cm³/mol. The smallest absolute Gasteiger partial charge is 0.00743 e. The Hall–Kier alpha value is -2.21. The zero-order valence-electron chi connectivity index (χ0n) is 14.4. The Kier molecular flexibility index (Phi) is 6.56. The lowest BCUT2D eigenvalue weighted by Crippen LogP contribution is -2.22. The molecule has 0 atom stereocenters. The second-order valence-corrected chi connectivity index (χ2v) is 8.08. The molecule has 25 heavy (non-hydrogen) atoms. The molecule has 0 amide bonds. The number of hydrogen-bond acceptors (Lipinski definition) is 1. The van der Waals surface area contributed by atoms with Crippen molar-refractivity contribution in [1.29, 1.82) is 0 Å². The van der Waals surface area contributed by atoms with Crippen LogP contribution in [-0.4, -0.2) is 6.54 Å². The fraction of sp³-hybridized carbons (Fsp3) is 0.130. The van der Waals surface area contributed by atoms with Gasteiger partial charge in [0, 0.05) is 0 Å². The molecule has 0 aliphatic carbocycles. The largest absolute Gasteiger partial charge is 0.330 e. The van der Waals surface area contributed by atoms with E-state index < -0.39 is 7.92 Å². The first-order chi connectivity index (χ1) is 12.4. The Morgan fingerprint density at radius 3 is 1.88 bits per heavy atom. The van der Waals surface area contributed by atoms with Gasteiger partial charge in [-0.2, -0.15) is 0 Å². The van der Waals surface area contributed by atoms with E-state index in [0.717, 1.165) is 19.4 Å². The molecule has 126 valence electrons. The van der Waals surface area contributed by atoms with E-state index in [1.807, 2.05) is 0 Å². The molecule has 0 aliphatic heterocycles. The monoisotopic (exact) mass is 345 g/mol. The second kappa shape index (κ2) is 9.32. The summed E-state index contributed by atoms with van der Waals surface area (Å²) in [6, 6.07) is 30.4. The zero-order chi connectivity index (χ0) is 17.3. The van der Waals surface area contributed by atoms with Crippen LogP contribution in [0, 0.1) is 0 Å². The normalized spacial score (nSPS) is 11.3. The van der Waals surface area contributed by atoms with Crippen molar-refractivity contribution in [3.63, 3.8) is 0 Å². The Morgan fingerprint density at radius 1 is 0.720 bits per heavy atom. The van der Waals surface area contributed by atoms with Crippen LogP contribution >= 0.6 is 7.92 Å². The third-order valence-electron chi connectivity index (χ3n) is 4.08. The van der Waals surface area contributed by atoms with Crippen molar-refractivity contribution in [2.75, 3.05) is 6.54 Å². The van der Waals surface area contributed by atoms with Crippen LogP contribution < -0.4 is 21.6 Å². The van der Waals surface area contributed by atoms with Gasteiger partial charge in [0.25, 0.3) is 0 Å². The highest BCUT2D eigenvalue weighted by Gasteiger charge is 2.17. The molecule has 0 aliphatic rings. The summed E-state index contributed by atoms with van der Waals surface area (Å²) in [5.74, 6) is 0. The van der Waals surface area contributed by atoms with E-state index in [0.29, 0.717) is 0 Å². The molecule has 0 bridgehead atoms. The molecular formula is C23H24NP. The van der Waals surface area contributed by atoms with Crippen molar-refractivity contribution >= 4 is 29.9 Å². The standard InChI is InChI=1S/C23H24NP/c24-19-11-3-4-12-20-13-9-10-18-23(20)25(21-14-5-1-6-15-21)22-16-7-2-8-17-22/h1-2,4-10,12-18H,3,11,19,24H2. The van der Waals surface area contributed by atoms with Crippen molar-refractivity contribution in [2.24, 2.45) is 5.73 Å². The highest BCUT2D eigenvalue weighted by atomic mass is 31.1. The van der Waals surface area contributed by atoms with Gasteiger partial charge in [-0.3, -0.25) is 0 Å². The molecule has 0 heterocycles. The molecule has 0 saturated heterocycles. The maximum atomic E-state index is 5.61. The third-order valence-corrected chi connectivity index (χ3v) is 6.60. The SMILES string of the molecule is NCCCC=Cc1ccccc1P(c1ccccc1)c1ccccc1. The number of rotatable bonds is 7. The van der Waals surface area contributed by atoms with Gasteiger partial charge in [0.1, 0.15) is 0 Å². The summed E-state index contributed by atoms with van der Waals surface area (Å²) >= 11 is 0. The number of nitrogens with two attached hydrogens (primary N) is 1. The lowest BCUT2D eigenvalue weighted by molar-refractivity contribution is 0.857. The molecule has 3 rings (SSSR count). The Balaban J connectivity index is 2.04. The second-order valence-electron chi connectivity index (χ2n) is 5.90. The first-order valence-corrected chi connectivity index (χ1v) is 10.1. The lowest BCUT2D eigenvalue weighted by atomic mass is 10.2. The summed E-state index contributed by atoms with van der Waals surface area (Å²) < 4.78 is 0. The molecular weight excluding hydrogens is 321 g/mol. The topological polar surface area (TPSA) is 26.0 Å². The number of unbranched alkanes of at least 4 members (excludes halogenated alkanes) is 1. The molecule has 0 spiro atoms. The van der Waals surface area contributed by atoms with Gasteiger partial charge in [0.2, 0.25) is 0 Å². The van der Waals surface area contributed by atoms with Crippen LogP contribution in [0.3, 0.4) is 0 Å². The van der Waals surface area contributed by atoms with Gasteiger partial charge in [-0.15, -0.1) is 0 Å². The third kappa shape index (κ3) is 4.66. The zero-order valence-corrected chi connectivity index (χ0v) is 15.3. The van der Waals surface area contributed by atoms with Crippen molar-refractivity contribution in [1.82, 2.24) is 0 Å². The van der Waals surface area contributed by atoms with Crippen LogP contribution in [0.15, 0.2) is 91.0 Å². The molecule has 3 aromatic carbocycles. The summed E-state index contributed by atoms with van der Waals surface area (Å²) in [5, 5.41) is 4.16. The molecule has 0 saturated carbocycles. The van der Waals surface area contributed by atoms with Crippen LogP contribution in [0.2, 0.25) is 0 Å². The lowest BCUT2D eigenvalue weighted by Gasteiger charge is -2.21. The van der Waals surface area contributed by atoms with Gasteiger partial charge in [-0.05, 0) is 48.8 Å². The molecule has 2 heteroatoms. The van der Waals surface area contributed by atoms with E-state index in [-0.39, 0.29) is 0 Å². The quantitative estimate of drug-likeness (QED) is 0.504. The first kappa shape index (κ1) is 17.6. The van der Waals surface area contributed by atoms with Crippen LogP contribution in [-0.2, 0) is 0 Å². The molecule has 2 N–H and O–H groups in total. The van der Waals surface area contributed by atoms with Crippen LogP contribution in [0.25, 0.3) is 6.08 Å². The Labute approximate surface area is 152 Å². The summed E-state index contributed by atoms with van der Waals surface area (Å²) in [7, 11) is -0.567. The highest BCUT2D eigenvalue weighted by molar-refractivity contribution is 7.80. The number of hydrogen-bond donors (Lipinski definition) is 1. The van der Waals surface area contributed by atoms with Crippen molar-refractivity contribution in [2.45, 2.75) is 12.8 Å². The minimum absolute atomic E-state index is 0.567. The fourth-order valence-corrected chi connectivity index (χ4v) is 5.30. The van der Waals surface area contributed by atoms with Gasteiger partial charge in [-0.25, -0.2) is 0 Å². The van der Waals surface area contributed by atoms with E-state index in [1.54, 1.807) is 0 Å². The van der Waals surface area contributed by atoms with Crippen LogP contribution in [0.1, 0.15) is 18.4 Å². The Morgan fingerprint density at radius 2 is 1.28 bits per heavy atom. The maximum absolute atomic E-state index is 5.61. The van der Waals surface area contributed by atoms with Crippen molar-refractivity contribution in [3.05, 3.63) is 96.6 Å². The highest BCUT2D eigenvalue weighted by Crippen LogP contribution is 2.34. The summed E-state index contributed by atoms with van der Waals surface area (Å²) in [6.45, 7) is 0.743. The van der Waals surface area contributed by atoms with Gasteiger partial charge in [0.15, 0.2) is 0 Å². The molecule has 0 radical (unpaired) electrons. The summed E-state index contributed by atoms with van der Waals surface area (Å²) in [5.41, 5.74) is 6.91. The average Bonchev–Trinajstić information content (AvgIpc) is 2.68. The molecule has 3 aromatic rings. The van der Waals surface area contributed by atoms with Gasteiger partial charge in [0.05, 0.1) is 0 Å². The van der Waals surface area contributed by atoms with E-state index >= 15 is 0 Å². The van der Waals surface area contributed by atoms with E-state index in [1.165, 1.54) is 21.5 Å². The summed E-state index contributed by atoms with van der Waals surface area (Å²) in [6.07, 6.45) is 6.56. The fourth-order valence-electron chi connectivity index (χ4n) is 2.86. The maximum Gasteiger partial charge on any atom is -0.00743 e. The molecule has 0 aromatic heterocycles. The summed E-state index contributed by atoms with van der Waals surface area (Å²) in [4.78, 5) is 0. The van der Waals surface area contributed by atoms with Gasteiger partial charge < -0.3 is 5.73 Å². The van der Waals surface area contributed by atoms with Gasteiger partial charge >= 0.3 is 0 Å². The van der Waals surface area contributed by atoms with Crippen LogP contribution in [0.5, 0.6) is 0 Å².